The van der Waals surface area contributed by atoms with Gasteiger partial charge in [-0.3, -0.25) is 0 Å². The van der Waals surface area contributed by atoms with Crippen LogP contribution in [0.5, 0.6) is 0 Å². The van der Waals surface area contributed by atoms with Gasteiger partial charge in [-0.15, -0.1) is 0 Å². The van der Waals surface area contributed by atoms with E-state index >= 15 is 0 Å². The summed E-state index contributed by atoms with van der Waals surface area (Å²) in [5.41, 5.74) is 2.08. The van der Waals surface area contributed by atoms with Crippen LogP contribution in [0.2, 0.25) is 0 Å². The number of halogens is 3. The van der Waals surface area contributed by atoms with E-state index in [1.54, 1.807) is 6.07 Å². The minimum Gasteiger partial charge on any atom is -0.204 e. The van der Waals surface area contributed by atoms with Gasteiger partial charge in [0.05, 0.1) is 0 Å². The second-order valence-electron chi connectivity index (χ2n) is 4.52. The Bertz CT molecular complexity index is 526. The molecule has 19 heavy (non-hydrogen) atoms. The fourth-order valence-corrected chi connectivity index (χ4v) is 2.64. The average molecular weight is 325 g/mol. The first-order chi connectivity index (χ1) is 9.16. The van der Waals surface area contributed by atoms with Crippen molar-refractivity contribution in [1.29, 1.82) is 0 Å². The normalized spacial score (nSPS) is 12.4. The van der Waals surface area contributed by atoms with Crippen LogP contribution in [0.1, 0.15) is 28.8 Å². The number of hydrogen-bond acceptors (Lipinski definition) is 0. The van der Waals surface area contributed by atoms with E-state index in [4.69, 9.17) is 0 Å². The van der Waals surface area contributed by atoms with Crippen LogP contribution in [0, 0.1) is 11.6 Å². The van der Waals surface area contributed by atoms with Gasteiger partial charge in [0.15, 0.2) is 11.6 Å². The molecule has 0 spiro atoms. The molecule has 2 rings (SSSR count). The monoisotopic (exact) mass is 324 g/mol. The average Bonchev–Trinajstić information content (AvgIpc) is 2.43. The Kier molecular flexibility index (Phi) is 5.08. The van der Waals surface area contributed by atoms with Gasteiger partial charge in [0, 0.05) is 4.83 Å². The number of benzene rings is 2. The van der Waals surface area contributed by atoms with Gasteiger partial charge >= 0.3 is 0 Å². The lowest BCUT2D eigenvalue weighted by atomic mass is 10.0. The van der Waals surface area contributed by atoms with E-state index in [2.05, 4.69) is 28.1 Å². The van der Waals surface area contributed by atoms with Crippen molar-refractivity contribution in [3.63, 3.8) is 0 Å². The lowest BCUT2D eigenvalue weighted by molar-refractivity contribution is 0.506. The van der Waals surface area contributed by atoms with Gasteiger partial charge in [-0.1, -0.05) is 52.3 Å². The fraction of sp³-hybridized carbons (Fsp3) is 0.250. The van der Waals surface area contributed by atoms with Crippen LogP contribution in [0.25, 0.3) is 0 Å². The van der Waals surface area contributed by atoms with E-state index in [1.165, 1.54) is 17.7 Å². The molecule has 0 radical (unpaired) electrons. The lowest BCUT2D eigenvalue weighted by Gasteiger charge is -2.10. The van der Waals surface area contributed by atoms with Crippen LogP contribution in [0.4, 0.5) is 8.78 Å². The number of alkyl halides is 1. The molecule has 0 heterocycles. The summed E-state index contributed by atoms with van der Waals surface area (Å²) in [6.07, 6.45) is 2.64. The van der Waals surface area contributed by atoms with Crippen LogP contribution in [0.15, 0.2) is 48.5 Å². The second kappa shape index (κ2) is 6.80. The van der Waals surface area contributed by atoms with Crippen molar-refractivity contribution < 1.29 is 8.78 Å². The van der Waals surface area contributed by atoms with Crippen LogP contribution in [-0.2, 0) is 6.42 Å². The molecular formula is C16H15BrF2. The molecule has 1 atom stereocenters. The maximum Gasteiger partial charge on any atom is 0.159 e. The first kappa shape index (κ1) is 14.2. The molecule has 2 aromatic rings. The Hall–Kier alpha value is -1.22. The Balaban J connectivity index is 1.85. The Morgan fingerprint density at radius 1 is 0.947 bits per heavy atom. The third-order valence-electron chi connectivity index (χ3n) is 3.07. The molecule has 0 amide bonds. The summed E-state index contributed by atoms with van der Waals surface area (Å²) in [6.45, 7) is 0. The zero-order valence-corrected chi connectivity index (χ0v) is 12.0. The highest BCUT2D eigenvalue weighted by molar-refractivity contribution is 9.09. The first-order valence-corrected chi connectivity index (χ1v) is 7.21. The predicted molar refractivity (Wildman–Crippen MR) is 77.4 cm³/mol. The third kappa shape index (κ3) is 4.13. The molecular weight excluding hydrogens is 310 g/mol. The quantitative estimate of drug-likeness (QED) is 0.644. The second-order valence-corrected chi connectivity index (χ2v) is 5.62. The van der Waals surface area contributed by atoms with Crippen molar-refractivity contribution in [3.05, 3.63) is 71.3 Å². The molecule has 0 nitrogen and oxygen atoms in total. The van der Waals surface area contributed by atoms with Crippen molar-refractivity contribution in [1.82, 2.24) is 0 Å². The molecule has 0 N–H and O–H groups in total. The van der Waals surface area contributed by atoms with Crippen LogP contribution in [-0.4, -0.2) is 0 Å². The summed E-state index contributed by atoms with van der Waals surface area (Å²) in [7, 11) is 0. The van der Waals surface area contributed by atoms with Gasteiger partial charge in [0.2, 0.25) is 0 Å². The highest BCUT2D eigenvalue weighted by Crippen LogP contribution is 2.28. The van der Waals surface area contributed by atoms with Gasteiger partial charge < -0.3 is 0 Å². The van der Waals surface area contributed by atoms with E-state index in [0.717, 1.165) is 24.8 Å². The van der Waals surface area contributed by atoms with E-state index in [-0.39, 0.29) is 0 Å². The molecule has 0 aliphatic carbocycles. The molecule has 2 aromatic carbocycles. The van der Waals surface area contributed by atoms with Gasteiger partial charge in [-0.25, -0.2) is 8.78 Å². The summed E-state index contributed by atoms with van der Waals surface area (Å²) >= 11 is 3.65. The van der Waals surface area contributed by atoms with E-state index < -0.39 is 11.6 Å². The van der Waals surface area contributed by atoms with Gasteiger partial charge in [-0.05, 0) is 42.5 Å². The van der Waals surface area contributed by atoms with Crippen LogP contribution in [0.3, 0.4) is 0 Å². The molecule has 0 saturated heterocycles. The first-order valence-electron chi connectivity index (χ1n) is 6.30. The van der Waals surface area contributed by atoms with Gasteiger partial charge in [0.25, 0.3) is 0 Å². The third-order valence-corrected chi connectivity index (χ3v) is 4.05. The topological polar surface area (TPSA) is 0 Å². The molecule has 0 aliphatic rings. The van der Waals surface area contributed by atoms with E-state index in [0.29, 0.717) is 4.83 Å². The molecule has 100 valence electrons. The van der Waals surface area contributed by atoms with Crippen molar-refractivity contribution in [3.8, 4) is 0 Å². The van der Waals surface area contributed by atoms with Crippen molar-refractivity contribution in [2.45, 2.75) is 24.1 Å². The lowest BCUT2D eigenvalue weighted by Crippen LogP contribution is -1.94. The number of aryl methyl sites for hydroxylation is 1. The molecule has 0 saturated carbocycles. The minimum absolute atomic E-state index is 0.305. The van der Waals surface area contributed by atoms with Crippen LogP contribution < -0.4 is 0 Å². The molecule has 1 unspecified atom stereocenters. The summed E-state index contributed by atoms with van der Waals surface area (Å²) in [6, 6.07) is 14.3. The highest BCUT2D eigenvalue weighted by Gasteiger charge is 2.07. The zero-order valence-electron chi connectivity index (χ0n) is 10.5. The summed E-state index contributed by atoms with van der Waals surface area (Å²) in [4.78, 5) is 0.305. The SMILES string of the molecule is Fc1ccc(CCCC(Br)c2ccccc2)cc1F. The fourth-order valence-electron chi connectivity index (χ4n) is 2.01. The molecule has 0 fully saturated rings. The van der Waals surface area contributed by atoms with Gasteiger partial charge in [-0.2, -0.15) is 0 Å². The Morgan fingerprint density at radius 3 is 2.37 bits per heavy atom. The van der Waals surface area contributed by atoms with E-state index in [1.807, 2.05) is 18.2 Å². The summed E-state index contributed by atoms with van der Waals surface area (Å²) in [5, 5.41) is 0. The maximum atomic E-state index is 13.0. The number of rotatable bonds is 5. The Morgan fingerprint density at radius 2 is 1.68 bits per heavy atom. The Labute approximate surface area is 120 Å². The number of hydrogen-bond donors (Lipinski definition) is 0. The van der Waals surface area contributed by atoms with Crippen molar-refractivity contribution >= 4 is 15.9 Å². The minimum atomic E-state index is -0.786. The summed E-state index contributed by atoms with van der Waals surface area (Å²) < 4.78 is 25.8. The summed E-state index contributed by atoms with van der Waals surface area (Å²) in [5.74, 6) is -1.55. The molecule has 0 aliphatic heterocycles. The highest BCUT2D eigenvalue weighted by atomic mass is 79.9. The molecule has 3 heteroatoms. The standard InChI is InChI=1S/C16H15BrF2/c17-14(13-6-2-1-3-7-13)8-4-5-12-9-10-15(18)16(19)11-12/h1-3,6-7,9-11,14H,4-5,8H2. The smallest absolute Gasteiger partial charge is 0.159 e. The van der Waals surface area contributed by atoms with Gasteiger partial charge in [0.1, 0.15) is 0 Å². The largest absolute Gasteiger partial charge is 0.204 e. The van der Waals surface area contributed by atoms with E-state index in [9.17, 15) is 8.78 Å². The van der Waals surface area contributed by atoms with Crippen molar-refractivity contribution in [2.24, 2.45) is 0 Å². The van der Waals surface area contributed by atoms with Crippen molar-refractivity contribution in [2.75, 3.05) is 0 Å². The molecule has 0 bridgehead atoms. The maximum absolute atomic E-state index is 13.0. The van der Waals surface area contributed by atoms with Crippen LogP contribution >= 0.6 is 15.9 Å². The zero-order chi connectivity index (χ0) is 13.7. The molecule has 0 aromatic heterocycles. The predicted octanol–water partition coefficient (Wildman–Crippen LogP) is 5.42.